The van der Waals surface area contributed by atoms with E-state index in [9.17, 15) is 9.59 Å². The van der Waals surface area contributed by atoms with Gasteiger partial charge >= 0.3 is 0 Å². The second-order valence-electron chi connectivity index (χ2n) is 8.29. The molecule has 4 rings (SSSR count). The van der Waals surface area contributed by atoms with E-state index in [1.165, 1.54) is 0 Å². The molecule has 1 aliphatic heterocycles. The Labute approximate surface area is 168 Å². The van der Waals surface area contributed by atoms with Gasteiger partial charge in [0.15, 0.2) is 0 Å². The first-order valence-electron chi connectivity index (χ1n) is 9.53. The lowest BCUT2D eigenvalue weighted by molar-refractivity contribution is -0.123. The third-order valence-electron chi connectivity index (χ3n) is 5.20. The molecule has 0 radical (unpaired) electrons. The summed E-state index contributed by atoms with van der Waals surface area (Å²) in [5.41, 5.74) is 3.45. The SMILES string of the molecule is COc1cc2c(cc1NC(=O)C(C)(C)C)C(c1c[nH]c3ncccc13)CC(=O)N2. The van der Waals surface area contributed by atoms with E-state index in [2.05, 4.69) is 20.6 Å². The number of nitrogens with zero attached hydrogens (tertiary/aromatic N) is 1. The number of benzene rings is 1. The van der Waals surface area contributed by atoms with Crippen LogP contribution in [0.25, 0.3) is 11.0 Å². The molecule has 0 spiro atoms. The van der Waals surface area contributed by atoms with Crippen LogP contribution in [0.5, 0.6) is 5.75 Å². The largest absolute Gasteiger partial charge is 0.494 e. The molecule has 0 saturated heterocycles. The van der Waals surface area contributed by atoms with E-state index < -0.39 is 5.41 Å². The van der Waals surface area contributed by atoms with Gasteiger partial charge in [-0.15, -0.1) is 0 Å². The van der Waals surface area contributed by atoms with E-state index in [1.54, 1.807) is 19.4 Å². The van der Waals surface area contributed by atoms with Gasteiger partial charge in [0.2, 0.25) is 11.8 Å². The standard InChI is InChI=1S/C22H24N4O3/c1-22(2,3)21(28)26-17-8-14-13(9-19(27)25-16(14)10-18(17)29-4)15-11-24-20-12(15)6-5-7-23-20/h5-8,10-11,13H,9H2,1-4H3,(H,23,24)(H,25,27)(H,26,28). The smallest absolute Gasteiger partial charge is 0.229 e. The summed E-state index contributed by atoms with van der Waals surface area (Å²) < 4.78 is 5.47. The number of hydrogen-bond donors (Lipinski definition) is 3. The zero-order chi connectivity index (χ0) is 20.8. The first-order chi connectivity index (χ1) is 13.8. The van der Waals surface area contributed by atoms with Gasteiger partial charge in [-0.25, -0.2) is 4.98 Å². The third-order valence-corrected chi connectivity index (χ3v) is 5.20. The van der Waals surface area contributed by atoms with Crippen LogP contribution in [0, 0.1) is 5.41 Å². The molecule has 150 valence electrons. The molecule has 29 heavy (non-hydrogen) atoms. The van der Waals surface area contributed by atoms with Gasteiger partial charge in [-0.1, -0.05) is 20.8 Å². The molecule has 3 N–H and O–H groups in total. The number of pyridine rings is 1. The second-order valence-corrected chi connectivity index (χ2v) is 8.29. The monoisotopic (exact) mass is 392 g/mol. The summed E-state index contributed by atoms with van der Waals surface area (Å²) in [5.74, 6) is 0.175. The minimum absolute atomic E-state index is 0.0609. The van der Waals surface area contributed by atoms with Crippen molar-refractivity contribution in [1.82, 2.24) is 9.97 Å². The van der Waals surface area contributed by atoms with Gasteiger partial charge in [0, 0.05) is 47.3 Å². The molecular weight excluding hydrogens is 368 g/mol. The molecule has 2 aromatic heterocycles. The molecule has 0 bridgehead atoms. The summed E-state index contributed by atoms with van der Waals surface area (Å²) in [5, 5.41) is 6.88. The Morgan fingerprint density at radius 2 is 2.07 bits per heavy atom. The number of amides is 2. The fraction of sp³-hybridized carbons (Fsp3) is 0.318. The van der Waals surface area contributed by atoms with Crippen molar-refractivity contribution in [2.45, 2.75) is 33.1 Å². The van der Waals surface area contributed by atoms with Gasteiger partial charge in [-0.05, 0) is 29.3 Å². The molecule has 1 unspecified atom stereocenters. The van der Waals surface area contributed by atoms with Crippen molar-refractivity contribution >= 4 is 34.2 Å². The number of anilines is 2. The molecule has 0 saturated carbocycles. The predicted molar refractivity (Wildman–Crippen MR) is 112 cm³/mol. The average molecular weight is 392 g/mol. The highest BCUT2D eigenvalue weighted by Gasteiger charge is 2.31. The normalized spacial score (nSPS) is 16.3. The van der Waals surface area contributed by atoms with Crippen LogP contribution in [0.3, 0.4) is 0 Å². The number of rotatable bonds is 3. The lowest BCUT2D eigenvalue weighted by atomic mass is 9.84. The average Bonchev–Trinajstić information content (AvgIpc) is 3.10. The van der Waals surface area contributed by atoms with Crippen molar-refractivity contribution in [3.05, 3.63) is 47.8 Å². The summed E-state index contributed by atoms with van der Waals surface area (Å²) >= 11 is 0. The van der Waals surface area contributed by atoms with Gasteiger partial charge in [-0.3, -0.25) is 9.59 Å². The summed E-state index contributed by atoms with van der Waals surface area (Å²) in [4.78, 5) is 32.5. The van der Waals surface area contributed by atoms with Gasteiger partial charge in [0.25, 0.3) is 0 Å². The first kappa shape index (κ1) is 19.0. The Hall–Kier alpha value is -3.35. The fourth-order valence-electron chi connectivity index (χ4n) is 3.61. The van der Waals surface area contributed by atoms with Crippen molar-refractivity contribution < 1.29 is 14.3 Å². The lowest BCUT2D eigenvalue weighted by Crippen LogP contribution is -2.28. The Morgan fingerprint density at radius 3 is 2.79 bits per heavy atom. The molecule has 7 nitrogen and oxygen atoms in total. The summed E-state index contributed by atoms with van der Waals surface area (Å²) in [6.45, 7) is 5.57. The van der Waals surface area contributed by atoms with Crippen molar-refractivity contribution in [1.29, 1.82) is 0 Å². The van der Waals surface area contributed by atoms with Gasteiger partial charge in [-0.2, -0.15) is 0 Å². The van der Waals surface area contributed by atoms with Crippen LogP contribution >= 0.6 is 0 Å². The maximum atomic E-state index is 12.6. The third kappa shape index (κ3) is 3.44. The number of H-pyrrole nitrogens is 1. The van der Waals surface area contributed by atoms with Gasteiger partial charge < -0.3 is 20.4 Å². The second kappa shape index (κ2) is 6.92. The Kier molecular flexibility index (Phi) is 4.53. The van der Waals surface area contributed by atoms with Crippen LogP contribution in [-0.2, 0) is 9.59 Å². The number of fused-ring (bicyclic) bond motifs is 2. The summed E-state index contributed by atoms with van der Waals surface area (Å²) in [6, 6.07) is 7.54. The Morgan fingerprint density at radius 1 is 1.28 bits per heavy atom. The van der Waals surface area contributed by atoms with Crippen LogP contribution in [-0.4, -0.2) is 28.9 Å². The van der Waals surface area contributed by atoms with Crippen LogP contribution < -0.4 is 15.4 Å². The molecule has 1 atom stereocenters. The molecule has 0 fully saturated rings. The van der Waals surface area contributed by atoms with Crippen molar-refractivity contribution in [3.8, 4) is 5.75 Å². The number of aromatic amines is 1. The van der Waals surface area contributed by atoms with Crippen molar-refractivity contribution in [2.24, 2.45) is 5.41 Å². The minimum Gasteiger partial charge on any atom is -0.494 e. The number of hydrogen-bond acceptors (Lipinski definition) is 4. The van der Waals surface area contributed by atoms with E-state index in [0.717, 1.165) is 22.2 Å². The maximum absolute atomic E-state index is 12.6. The Bertz CT molecular complexity index is 1110. The topological polar surface area (TPSA) is 96.1 Å². The molecule has 0 aliphatic carbocycles. The molecule has 7 heteroatoms. The van der Waals surface area contributed by atoms with E-state index in [0.29, 0.717) is 23.5 Å². The Balaban J connectivity index is 1.83. The van der Waals surface area contributed by atoms with Crippen LogP contribution in [0.15, 0.2) is 36.7 Å². The minimum atomic E-state index is -0.545. The predicted octanol–water partition coefficient (Wildman–Crippen LogP) is 4.03. The quantitative estimate of drug-likeness (QED) is 0.627. The van der Waals surface area contributed by atoms with E-state index >= 15 is 0 Å². The van der Waals surface area contributed by atoms with Gasteiger partial charge in [0.1, 0.15) is 11.4 Å². The van der Waals surface area contributed by atoms with E-state index in [4.69, 9.17) is 4.74 Å². The summed E-state index contributed by atoms with van der Waals surface area (Å²) in [6.07, 6.45) is 3.95. The molecule has 3 aromatic rings. The number of carbonyl (C=O) groups excluding carboxylic acids is 2. The zero-order valence-electron chi connectivity index (χ0n) is 16.9. The number of nitrogens with one attached hydrogen (secondary N) is 3. The molecule has 3 heterocycles. The zero-order valence-corrected chi connectivity index (χ0v) is 16.9. The van der Waals surface area contributed by atoms with Crippen LogP contribution in [0.2, 0.25) is 0 Å². The van der Waals surface area contributed by atoms with E-state index in [1.807, 2.05) is 45.2 Å². The highest BCUT2D eigenvalue weighted by atomic mass is 16.5. The van der Waals surface area contributed by atoms with Gasteiger partial charge in [0.05, 0.1) is 12.8 Å². The van der Waals surface area contributed by atoms with Crippen LogP contribution in [0.4, 0.5) is 11.4 Å². The molecule has 1 aromatic carbocycles. The van der Waals surface area contributed by atoms with Crippen molar-refractivity contribution in [2.75, 3.05) is 17.7 Å². The number of methoxy groups -OCH3 is 1. The molecule has 2 amide bonds. The fourth-order valence-corrected chi connectivity index (χ4v) is 3.61. The van der Waals surface area contributed by atoms with E-state index in [-0.39, 0.29) is 17.7 Å². The lowest BCUT2D eigenvalue weighted by Gasteiger charge is -2.28. The molecular formula is C22H24N4O3. The van der Waals surface area contributed by atoms with Crippen LogP contribution in [0.1, 0.15) is 44.2 Å². The summed E-state index contributed by atoms with van der Waals surface area (Å²) in [7, 11) is 1.54. The number of carbonyl (C=O) groups is 2. The number of aromatic nitrogens is 2. The maximum Gasteiger partial charge on any atom is 0.229 e. The number of ether oxygens (including phenoxy) is 1. The highest BCUT2D eigenvalue weighted by molar-refractivity contribution is 6.00. The highest BCUT2D eigenvalue weighted by Crippen LogP contribution is 2.44. The first-order valence-corrected chi connectivity index (χ1v) is 9.53. The van der Waals surface area contributed by atoms with Crippen molar-refractivity contribution in [3.63, 3.8) is 0 Å². The molecule has 1 aliphatic rings.